The van der Waals surface area contributed by atoms with E-state index in [4.69, 9.17) is 21.1 Å². The highest BCUT2D eigenvalue weighted by atomic mass is 79.9. The predicted molar refractivity (Wildman–Crippen MR) is 79.6 cm³/mol. The van der Waals surface area contributed by atoms with Crippen molar-refractivity contribution in [3.63, 3.8) is 0 Å². The van der Waals surface area contributed by atoms with Crippen molar-refractivity contribution in [3.05, 3.63) is 33.3 Å². The summed E-state index contributed by atoms with van der Waals surface area (Å²) in [4.78, 5) is 23.7. The van der Waals surface area contributed by atoms with E-state index >= 15 is 0 Å². The van der Waals surface area contributed by atoms with Crippen LogP contribution in [0.15, 0.2) is 22.7 Å². The van der Waals surface area contributed by atoms with E-state index < -0.39 is 17.9 Å². The number of rotatable bonds is 6. The molecular weight excluding hydrogens is 348 g/mol. The first-order valence-electron chi connectivity index (χ1n) is 6.26. The molecule has 0 atom stereocenters. The van der Waals surface area contributed by atoms with Crippen LogP contribution in [-0.2, 0) is 25.5 Å². The first-order chi connectivity index (χ1) is 9.49. The molecule has 110 valence electrons. The molecule has 0 saturated heterocycles. The average Bonchev–Trinajstić information content (AvgIpc) is 2.38. The summed E-state index contributed by atoms with van der Waals surface area (Å²) < 4.78 is 10.7. The van der Waals surface area contributed by atoms with Crippen molar-refractivity contribution in [2.24, 2.45) is 5.92 Å². The summed E-state index contributed by atoms with van der Waals surface area (Å²) >= 11 is 9.41. The summed E-state index contributed by atoms with van der Waals surface area (Å²) in [5.74, 6) is -2.18. The van der Waals surface area contributed by atoms with Crippen molar-refractivity contribution >= 4 is 39.5 Å². The van der Waals surface area contributed by atoms with E-state index in [-0.39, 0.29) is 19.6 Å². The lowest BCUT2D eigenvalue weighted by atomic mass is 9.99. The minimum Gasteiger partial charge on any atom is -0.465 e. The zero-order valence-electron chi connectivity index (χ0n) is 11.3. The molecule has 0 amide bonds. The third kappa shape index (κ3) is 4.80. The van der Waals surface area contributed by atoms with Gasteiger partial charge < -0.3 is 9.47 Å². The Labute approximate surface area is 131 Å². The van der Waals surface area contributed by atoms with Crippen molar-refractivity contribution in [1.82, 2.24) is 0 Å². The lowest BCUT2D eigenvalue weighted by Crippen LogP contribution is -2.30. The molecule has 4 nitrogen and oxygen atoms in total. The largest absolute Gasteiger partial charge is 0.465 e. The Morgan fingerprint density at radius 3 is 2.20 bits per heavy atom. The Hall–Kier alpha value is -1.07. The lowest BCUT2D eigenvalue weighted by molar-refractivity contribution is -0.161. The number of benzene rings is 1. The van der Waals surface area contributed by atoms with Crippen molar-refractivity contribution in [3.8, 4) is 0 Å². The molecule has 1 aromatic carbocycles. The second kappa shape index (κ2) is 8.27. The second-order valence-corrected chi connectivity index (χ2v) is 5.32. The molecule has 20 heavy (non-hydrogen) atoms. The molecule has 0 N–H and O–H groups in total. The summed E-state index contributed by atoms with van der Waals surface area (Å²) in [6.07, 6.45) is 0.157. The Bertz CT molecular complexity index is 472. The van der Waals surface area contributed by atoms with E-state index in [2.05, 4.69) is 15.9 Å². The molecule has 0 aromatic heterocycles. The molecule has 0 unspecified atom stereocenters. The third-order valence-electron chi connectivity index (χ3n) is 2.58. The summed E-state index contributed by atoms with van der Waals surface area (Å²) in [5.41, 5.74) is 0.695. The van der Waals surface area contributed by atoms with Crippen LogP contribution in [0.3, 0.4) is 0 Å². The van der Waals surface area contributed by atoms with Gasteiger partial charge in [0.05, 0.1) is 13.2 Å². The lowest BCUT2D eigenvalue weighted by Gasteiger charge is -2.15. The summed E-state index contributed by atoms with van der Waals surface area (Å²) in [6, 6.07) is 5.27. The van der Waals surface area contributed by atoms with Gasteiger partial charge in [0.15, 0.2) is 5.92 Å². The fraction of sp³-hybridized carbons (Fsp3) is 0.429. The molecule has 0 spiro atoms. The Morgan fingerprint density at radius 2 is 1.75 bits per heavy atom. The highest BCUT2D eigenvalue weighted by Gasteiger charge is 2.30. The summed E-state index contributed by atoms with van der Waals surface area (Å²) in [5, 5.41) is 0.484. The number of carbonyl (C=O) groups is 2. The number of hydrogen-bond acceptors (Lipinski definition) is 4. The van der Waals surface area contributed by atoms with Gasteiger partial charge in [0.2, 0.25) is 0 Å². The Kier molecular flexibility index (Phi) is 7.02. The molecule has 0 radical (unpaired) electrons. The molecule has 0 fully saturated rings. The van der Waals surface area contributed by atoms with Crippen molar-refractivity contribution in [1.29, 1.82) is 0 Å². The van der Waals surface area contributed by atoms with Crippen LogP contribution in [0.1, 0.15) is 19.4 Å². The average molecular weight is 364 g/mol. The van der Waals surface area contributed by atoms with Gasteiger partial charge >= 0.3 is 11.9 Å². The van der Waals surface area contributed by atoms with Crippen molar-refractivity contribution in [2.75, 3.05) is 13.2 Å². The van der Waals surface area contributed by atoms with Crippen LogP contribution >= 0.6 is 27.5 Å². The maximum Gasteiger partial charge on any atom is 0.320 e. The van der Waals surface area contributed by atoms with Crippen LogP contribution in [0, 0.1) is 5.92 Å². The van der Waals surface area contributed by atoms with Crippen LogP contribution in [0.4, 0.5) is 0 Å². The third-order valence-corrected chi connectivity index (χ3v) is 3.43. The number of halogens is 2. The zero-order valence-corrected chi connectivity index (χ0v) is 13.7. The molecule has 6 heteroatoms. The van der Waals surface area contributed by atoms with E-state index in [1.807, 2.05) is 0 Å². The second-order valence-electron chi connectivity index (χ2n) is 4.00. The van der Waals surface area contributed by atoms with Crippen LogP contribution in [0.25, 0.3) is 0 Å². The molecule has 0 aliphatic carbocycles. The monoisotopic (exact) mass is 362 g/mol. The zero-order chi connectivity index (χ0) is 15.1. The first-order valence-corrected chi connectivity index (χ1v) is 7.43. The van der Waals surface area contributed by atoms with Gasteiger partial charge in [-0.05, 0) is 38.0 Å². The summed E-state index contributed by atoms with van der Waals surface area (Å²) in [6.45, 7) is 3.80. The molecular formula is C14H16BrClO4. The fourth-order valence-corrected chi connectivity index (χ4v) is 2.41. The van der Waals surface area contributed by atoms with Gasteiger partial charge in [-0.2, -0.15) is 0 Å². The van der Waals surface area contributed by atoms with Gasteiger partial charge in [0.25, 0.3) is 0 Å². The highest BCUT2D eigenvalue weighted by molar-refractivity contribution is 9.10. The van der Waals surface area contributed by atoms with Crippen LogP contribution in [0.5, 0.6) is 0 Å². The van der Waals surface area contributed by atoms with Crippen LogP contribution in [-0.4, -0.2) is 25.2 Å². The molecule has 1 aromatic rings. The minimum atomic E-state index is -0.992. The quantitative estimate of drug-likeness (QED) is 0.574. The van der Waals surface area contributed by atoms with E-state index in [0.717, 1.165) is 4.47 Å². The smallest absolute Gasteiger partial charge is 0.320 e. The molecule has 0 saturated carbocycles. The molecule has 0 heterocycles. The molecule has 0 aliphatic rings. The number of carbonyl (C=O) groups excluding carboxylic acids is 2. The van der Waals surface area contributed by atoms with Crippen molar-refractivity contribution in [2.45, 2.75) is 20.3 Å². The standard InChI is InChI=1S/C14H16BrClO4/c1-3-19-13(17)11(14(18)20-4-2)7-9-5-6-10(15)8-12(9)16/h5-6,8,11H,3-4,7H2,1-2H3. The predicted octanol–water partition coefficient (Wildman–Crippen LogP) is 3.39. The number of esters is 2. The van der Waals surface area contributed by atoms with E-state index in [0.29, 0.717) is 10.6 Å². The Balaban J connectivity index is 2.93. The van der Waals surface area contributed by atoms with Crippen LogP contribution in [0.2, 0.25) is 5.02 Å². The first kappa shape index (κ1) is 17.0. The maximum atomic E-state index is 11.9. The number of hydrogen-bond donors (Lipinski definition) is 0. The van der Waals surface area contributed by atoms with Gasteiger partial charge in [-0.1, -0.05) is 33.6 Å². The summed E-state index contributed by atoms with van der Waals surface area (Å²) in [7, 11) is 0. The number of ether oxygens (including phenoxy) is 2. The van der Waals surface area contributed by atoms with Gasteiger partial charge in [-0.25, -0.2) is 0 Å². The van der Waals surface area contributed by atoms with Crippen LogP contribution < -0.4 is 0 Å². The fourth-order valence-electron chi connectivity index (χ4n) is 1.66. The van der Waals surface area contributed by atoms with E-state index in [1.54, 1.807) is 32.0 Å². The van der Waals surface area contributed by atoms with Gasteiger partial charge in [0.1, 0.15) is 0 Å². The van der Waals surface area contributed by atoms with Gasteiger partial charge in [-0.15, -0.1) is 0 Å². The van der Waals surface area contributed by atoms with E-state index in [1.165, 1.54) is 0 Å². The Morgan fingerprint density at radius 1 is 1.20 bits per heavy atom. The minimum absolute atomic E-state index is 0.157. The molecule has 0 aliphatic heterocycles. The maximum absolute atomic E-state index is 11.9. The van der Waals surface area contributed by atoms with Gasteiger partial charge in [0, 0.05) is 9.50 Å². The highest BCUT2D eigenvalue weighted by Crippen LogP contribution is 2.24. The topological polar surface area (TPSA) is 52.6 Å². The molecule has 0 bridgehead atoms. The normalized spacial score (nSPS) is 10.4. The SMILES string of the molecule is CCOC(=O)C(Cc1ccc(Br)cc1Cl)C(=O)OCC. The molecule has 1 rings (SSSR count). The van der Waals surface area contributed by atoms with Crippen molar-refractivity contribution < 1.29 is 19.1 Å². The van der Waals surface area contributed by atoms with Gasteiger partial charge in [-0.3, -0.25) is 9.59 Å². The van der Waals surface area contributed by atoms with E-state index in [9.17, 15) is 9.59 Å².